The summed E-state index contributed by atoms with van der Waals surface area (Å²) in [4.78, 5) is 0. The van der Waals surface area contributed by atoms with Crippen molar-refractivity contribution in [1.82, 2.24) is 0 Å². The molecule has 6 aromatic rings. The van der Waals surface area contributed by atoms with Crippen LogP contribution in [0.25, 0.3) is 54.9 Å². The normalized spacial score (nSPS) is 12.2. The second-order valence-electron chi connectivity index (χ2n) is 9.83. The predicted molar refractivity (Wildman–Crippen MR) is 150 cm³/mol. The summed E-state index contributed by atoms with van der Waals surface area (Å²) < 4.78 is 0. The first-order valence-corrected chi connectivity index (χ1v) is 12.4. The van der Waals surface area contributed by atoms with Gasteiger partial charge in [-0.1, -0.05) is 97.1 Å². The minimum absolute atomic E-state index is 0.986. The highest BCUT2D eigenvalue weighted by molar-refractivity contribution is 6.11. The molecular formula is C35H26. The summed E-state index contributed by atoms with van der Waals surface area (Å²) in [6, 6.07) is 40.3. The van der Waals surface area contributed by atoms with Crippen molar-refractivity contribution in [3.63, 3.8) is 0 Å². The van der Waals surface area contributed by atoms with Gasteiger partial charge in [0.1, 0.15) is 0 Å². The van der Waals surface area contributed by atoms with Crippen molar-refractivity contribution in [1.29, 1.82) is 0 Å². The Morgan fingerprint density at radius 2 is 1.23 bits per heavy atom. The van der Waals surface area contributed by atoms with E-state index in [4.69, 9.17) is 0 Å². The SMILES string of the molecule is Cc1cc2c(c(-c3c(-c4ccccc4)ccc4cc5ccccc5cc34)c1C)Cc1ccccc1-2. The van der Waals surface area contributed by atoms with Gasteiger partial charge in [0.15, 0.2) is 0 Å². The molecule has 0 aliphatic heterocycles. The molecule has 0 nitrogen and oxygen atoms in total. The van der Waals surface area contributed by atoms with Crippen LogP contribution in [-0.4, -0.2) is 0 Å². The lowest BCUT2D eigenvalue weighted by molar-refractivity contribution is 1.23. The highest BCUT2D eigenvalue weighted by atomic mass is 14.3. The lowest BCUT2D eigenvalue weighted by Crippen LogP contribution is -1.98. The van der Waals surface area contributed by atoms with Crippen LogP contribution in [0.15, 0.2) is 109 Å². The Bertz CT molecular complexity index is 1770. The summed E-state index contributed by atoms with van der Waals surface area (Å²) in [5.41, 5.74) is 13.8. The van der Waals surface area contributed by atoms with Crippen molar-refractivity contribution in [3.8, 4) is 33.4 Å². The quantitative estimate of drug-likeness (QED) is 0.232. The number of hydrogen-bond acceptors (Lipinski definition) is 0. The fourth-order valence-electron chi connectivity index (χ4n) is 6.00. The highest BCUT2D eigenvalue weighted by Gasteiger charge is 2.26. The second-order valence-corrected chi connectivity index (χ2v) is 9.83. The first-order chi connectivity index (χ1) is 17.2. The highest BCUT2D eigenvalue weighted by Crippen LogP contribution is 2.48. The summed E-state index contributed by atoms with van der Waals surface area (Å²) in [7, 11) is 0. The van der Waals surface area contributed by atoms with Crippen LogP contribution in [-0.2, 0) is 6.42 Å². The molecule has 0 heteroatoms. The zero-order valence-electron chi connectivity index (χ0n) is 20.1. The van der Waals surface area contributed by atoms with Gasteiger partial charge in [-0.05, 0) is 110 Å². The molecule has 0 heterocycles. The minimum Gasteiger partial charge on any atom is -0.0622 e. The molecule has 0 saturated heterocycles. The first-order valence-electron chi connectivity index (χ1n) is 12.4. The third-order valence-electron chi connectivity index (χ3n) is 7.85. The predicted octanol–water partition coefficient (Wildman–Crippen LogP) is 9.52. The topological polar surface area (TPSA) is 0 Å². The Kier molecular flexibility index (Phi) is 4.44. The Hall–Kier alpha value is -4.16. The standard InChI is InChI=1S/C35H26/c1-22-18-32-29-15-9-8-14-27(29)21-33(32)34(23(22)2)35-30(24-10-4-3-5-11-24)17-16-28-19-25-12-6-7-13-26(25)20-31(28)35/h3-20H,21H2,1-2H3. The molecule has 6 aromatic carbocycles. The van der Waals surface area contributed by atoms with E-state index in [1.54, 1.807) is 0 Å². The van der Waals surface area contributed by atoms with E-state index in [9.17, 15) is 0 Å². The van der Waals surface area contributed by atoms with Gasteiger partial charge in [0.25, 0.3) is 0 Å². The van der Waals surface area contributed by atoms with Crippen LogP contribution in [0.3, 0.4) is 0 Å². The summed E-state index contributed by atoms with van der Waals surface area (Å²) in [6.07, 6.45) is 0.986. The minimum atomic E-state index is 0.986. The van der Waals surface area contributed by atoms with Gasteiger partial charge in [-0.2, -0.15) is 0 Å². The zero-order valence-corrected chi connectivity index (χ0v) is 20.1. The molecule has 0 atom stereocenters. The molecule has 1 aliphatic rings. The molecule has 0 saturated carbocycles. The van der Waals surface area contributed by atoms with Crippen LogP contribution < -0.4 is 0 Å². The van der Waals surface area contributed by atoms with Crippen LogP contribution in [0, 0.1) is 13.8 Å². The monoisotopic (exact) mass is 446 g/mol. The third-order valence-corrected chi connectivity index (χ3v) is 7.85. The lowest BCUT2D eigenvalue weighted by atomic mass is 9.82. The van der Waals surface area contributed by atoms with Gasteiger partial charge >= 0.3 is 0 Å². The zero-order chi connectivity index (χ0) is 23.5. The molecule has 0 fully saturated rings. The van der Waals surface area contributed by atoms with Crippen molar-refractivity contribution in [3.05, 3.63) is 131 Å². The molecule has 0 N–H and O–H groups in total. The lowest BCUT2D eigenvalue weighted by Gasteiger charge is -2.21. The molecule has 0 unspecified atom stereocenters. The van der Waals surface area contributed by atoms with E-state index in [2.05, 4.69) is 123 Å². The summed E-state index contributed by atoms with van der Waals surface area (Å²) >= 11 is 0. The van der Waals surface area contributed by atoms with Crippen molar-refractivity contribution in [2.75, 3.05) is 0 Å². The number of hydrogen-bond donors (Lipinski definition) is 0. The maximum Gasteiger partial charge on any atom is -0.000717 e. The van der Waals surface area contributed by atoms with E-state index >= 15 is 0 Å². The second kappa shape index (κ2) is 7.68. The van der Waals surface area contributed by atoms with Gasteiger partial charge in [-0.3, -0.25) is 0 Å². The Labute approximate surface area is 206 Å². The molecule has 35 heavy (non-hydrogen) atoms. The molecule has 0 radical (unpaired) electrons. The maximum absolute atomic E-state index is 2.41. The Balaban J connectivity index is 1.65. The Morgan fingerprint density at radius 3 is 2.06 bits per heavy atom. The van der Waals surface area contributed by atoms with E-state index in [0.717, 1.165) is 6.42 Å². The van der Waals surface area contributed by atoms with Crippen LogP contribution in [0.1, 0.15) is 22.3 Å². The molecule has 0 aromatic heterocycles. The average Bonchev–Trinajstić information content (AvgIpc) is 3.26. The smallest absolute Gasteiger partial charge is 0.000717 e. The van der Waals surface area contributed by atoms with Gasteiger partial charge < -0.3 is 0 Å². The van der Waals surface area contributed by atoms with E-state index in [1.807, 2.05) is 0 Å². The van der Waals surface area contributed by atoms with Gasteiger partial charge in [-0.25, -0.2) is 0 Å². The maximum atomic E-state index is 2.41. The van der Waals surface area contributed by atoms with Crippen molar-refractivity contribution in [2.45, 2.75) is 20.3 Å². The molecular weight excluding hydrogens is 420 g/mol. The third kappa shape index (κ3) is 3.07. The van der Waals surface area contributed by atoms with Crippen molar-refractivity contribution >= 4 is 21.5 Å². The molecule has 166 valence electrons. The van der Waals surface area contributed by atoms with E-state index in [-0.39, 0.29) is 0 Å². The van der Waals surface area contributed by atoms with Gasteiger partial charge in [-0.15, -0.1) is 0 Å². The summed E-state index contributed by atoms with van der Waals surface area (Å²) in [6.45, 7) is 4.57. The summed E-state index contributed by atoms with van der Waals surface area (Å²) in [5.74, 6) is 0. The van der Waals surface area contributed by atoms with E-state index < -0.39 is 0 Å². The number of aryl methyl sites for hydroxylation is 1. The molecule has 0 amide bonds. The van der Waals surface area contributed by atoms with Crippen molar-refractivity contribution < 1.29 is 0 Å². The van der Waals surface area contributed by atoms with Gasteiger partial charge in [0, 0.05) is 0 Å². The van der Waals surface area contributed by atoms with Crippen LogP contribution >= 0.6 is 0 Å². The average molecular weight is 447 g/mol. The largest absolute Gasteiger partial charge is 0.0622 e. The number of fused-ring (bicyclic) bond motifs is 5. The van der Waals surface area contributed by atoms with Crippen LogP contribution in [0.5, 0.6) is 0 Å². The molecule has 0 bridgehead atoms. The molecule has 0 spiro atoms. The van der Waals surface area contributed by atoms with E-state index in [1.165, 1.54) is 77.2 Å². The first kappa shape index (κ1) is 20.2. The van der Waals surface area contributed by atoms with Crippen LogP contribution in [0.4, 0.5) is 0 Å². The number of rotatable bonds is 2. The fraction of sp³-hybridized carbons (Fsp3) is 0.0857. The van der Waals surface area contributed by atoms with Crippen LogP contribution in [0.2, 0.25) is 0 Å². The fourth-order valence-corrected chi connectivity index (χ4v) is 6.00. The number of benzene rings is 6. The molecule has 7 rings (SSSR count). The Morgan fingerprint density at radius 1 is 0.514 bits per heavy atom. The van der Waals surface area contributed by atoms with Gasteiger partial charge in [0.2, 0.25) is 0 Å². The molecule has 1 aliphatic carbocycles. The van der Waals surface area contributed by atoms with Crippen molar-refractivity contribution in [2.24, 2.45) is 0 Å². The summed E-state index contributed by atoms with van der Waals surface area (Å²) in [5, 5.41) is 5.20. The van der Waals surface area contributed by atoms with Gasteiger partial charge in [0.05, 0.1) is 0 Å². The van der Waals surface area contributed by atoms with E-state index in [0.29, 0.717) is 0 Å².